The topological polar surface area (TPSA) is 120 Å². The first kappa shape index (κ1) is 22.7. The maximum Gasteiger partial charge on any atom is 0.328 e. The van der Waals surface area contributed by atoms with Crippen LogP contribution in [0.1, 0.15) is 26.2 Å². The Morgan fingerprint density at radius 2 is 1.78 bits per heavy atom. The summed E-state index contributed by atoms with van der Waals surface area (Å²) in [6, 6.07) is 3.26. The lowest BCUT2D eigenvalue weighted by Crippen LogP contribution is -2.45. The molecule has 0 fully saturated rings. The van der Waals surface area contributed by atoms with Gasteiger partial charge in [0.25, 0.3) is 0 Å². The predicted octanol–water partition coefficient (Wildman–Crippen LogP) is 0.830. The van der Waals surface area contributed by atoms with Crippen LogP contribution in [0.2, 0.25) is 0 Å². The van der Waals surface area contributed by atoms with E-state index in [4.69, 9.17) is 9.47 Å². The number of methoxy groups -OCH3 is 3. The zero-order valence-electron chi connectivity index (χ0n) is 15.9. The quantitative estimate of drug-likeness (QED) is 0.526. The van der Waals surface area contributed by atoms with Crippen molar-refractivity contribution in [3.63, 3.8) is 0 Å². The van der Waals surface area contributed by atoms with Gasteiger partial charge < -0.3 is 19.5 Å². The highest BCUT2D eigenvalue weighted by Gasteiger charge is 2.23. The van der Waals surface area contributed by atoms with E-state index < -0.39 is 34.5 Å². The first-order valence-electron chi connectivity index (χ1n) is 8.37. The molecule has 1 aromatic rings. The Bertz CT molecular complexity index is 750. The molecule has 0 aliphatic carbocycles. The zero-order chi connectivity index (χ0) is 20.4. The van der Waals surface area contributed by atoms with Crippen molar-refractivity contribution in [2.45, 2.75) is 37.1 Å². The zero-order valence-corrected chi connectivity index (χ0v) is 16.7. The molecular weight excluding hydrogens is 376 g/mol. The summed E-state index contributed by atoms with van der Waals surface area (Å²) in [5.74, 6) is -0.578. The SMILES string of the molecule is CCCCC(NC(=O)CNS(=O)(=O)c1ccc(OC)c(OC)c1)C(=O)OC. The highest BCUT2D eigenvalue weighted by Crippen LogP contribution is 2.29. The fourth-order valence-corrected chi connectivity index (χ4v) is 3.27. The van der Waals surface area contributed by atoms with Crippen LogP contribution in [0.3, 0.4) is 0 Å². The molecule has 0 saturated heterocycles. The molecule has 1 unspecified atom stereocenters. The lowest BCUT2D eigenvalue weighted by Gasteiger charge is -2.16. The smallest absolute Gasteiger partial charge is 0.328 e. The van der Waals surface area contributed by atoms with Gasteiger partial charge >= 0.3 is 5.97 Å². The largest absolute Gasteiger partial charge is 0.493 e. The Hall–Kier alpha value is -2.33. The normalized spacial score (nSPS) is 12.1. The first-order chi connectivity index (χ1) is 12.8. The minimum atomic E-state index is -3.95. The van der Waals surface area contributed by atoms with Gasteiger partial charge in [-0.2, -0.15) is 0 Å². The second kappa shape index (κ2) is 10.7. The van der Waals surface area contributed by atoms with E-state index in [0.29, 0.717) is 12.2 Å². The van der Waals surface area contributed by atoms with E-state index in [-0.39, 0.29) is 10.6 Å². The Morgan fingerprint density at radius 3 is 2.33 bits per heavy atom. The number of benzene rings is 1. The van der Waals surface area contributed by atoms with Crippen LogP contribution < -0.4 is 19.5 Å². The van der Waals surface area contributed by atoms with Crippen LogP contribution in [-0.4, -0.2) is 54.2 Å². The van der Waals surface area contributed by atoms with Gasteiger partial charge in [0.2, 0.25) is 15.9 Å². The molecule has 27 heavy (non-hydrogen) atoms. The van der Waals surface area contributed by atoms with E-state index in [1.54, 1.807) is 0 Å². The molecule has 0 aliphatic rings. The van der Waals surface area contributed by atoms with Crippen LogP contribution in [0.15, 0.2) is 23.1 Å². The van der Waals surface area contributed by atoms with Crippen LogP contribution in [0.5, 0.6) is 11.5 Å². The monoisotopic (exact) mass is 402 g/mol. The lowest BCUT2D eigenvalue weighted by molar-refractivity contribution is -0.145. The summed E-state index contributed by atoms with van der Waals surface area (Å²) >= 11 is 0. The van der Waals surface area contributed by atoms with Crippen LogP contribution in [-0.2, 0) is 24.3 Å². The first-order valence-corrected chi connectivity index (χ1v) is 9.86. The molecule has 0 radical (unpaired) electrons. The Balaban J connectivity index is 2.77. The molecule has 1 aromatic carbocycles. The number of carbonyl (C=O) groups excluding carboxylic acids is 2. The van der Waals surface area contributed by atoms with Crippen molar-refractivity contribution in [1.82, 2.24) is 10.0 Å². The molecule has 10 heteroatoms. The van der Waals surface area contributed by atoms with Gasteiger partial charge in [0.05, 0.1) is 32.8 Å². The van der Waals surface area contributed by atoms with Crippen molar-refractivity contribution < 1.29 is 32.2 Å². The summed E-state index contributed by atoms with van der Waals surface area (Å²) in [5.41, 5.74) is 0. The summed E-state index contributed by atoms with van der Waals surface area (Å²) in [7, 11) is 0.0980. The highest BCUT2D eigenvalue weighted by atomic mass is 32.2. The number of hydrogen-bond donors (Lipinski definition) is 2. The summed E-state index contributed by atoms with van der Waals surface area (Å²) < 4.78 is 41.7. The number of ether oxygens (including phenoxy) is 3. The molecule has 9 nitrogen and oxygen atoms in total. The molecular formula is C17H26N2O7S. The number of carbonyl (C=O) groups is 2. The predicted molar refractivity (Wildman–Crippen MR) is 98.2 cm³/mol. The van der Waals surface area contributed by atoms with Crippen LogP contribution in [0, 0.1) is 0 Å². The van der Waals surface area contributed by atoms with Gasteiger partial charge in [-0.25, -0.2) is 17.9 Å². The summed E-state index contributed by atoms with van der Waals surface area (Å²) in [6.45, 7) is 1.43. The molecule has 0 bridgehead atoms. The van der Waals surface area contributed by atoms with Crippen molar-refractivity contribution in [3.8, 4) is 11.5 Å². The van der Waals surface area contributed by atoms with Gasteiger partial charge in [-0.1, -0.05) is 19.8 Å². The van der Waals surface area contributed by atoms with E-state index >= 15 is 0 Å². The van der Waals surface area contributed by atoms with Gasteiger partial charge in [0, 0.05) is 6.07 Å². The maximum atomic E-state index is 12.4. The van der Waals surface area contributed by atoms with E-state index in [2.05, 4.69) is 14.8 Å². The molecule has 0 heterocycles. The molecule has 0 aliphatic heterocycles. The summed E-state index contributed by atoms with van der Waals surface area (Å²) in [6.07, 6.45) is 1.98. The third kappa shape index (κ3) is 6.72. The highest BCUT2D eigenvalue weighted by molar-refractivity contribution is 7.89. The van der Waals surface area contributed by atoms with Crippen molar-refractivity contribution >= 4 is 21.9 Å². The van der Waals surface area contributed by atoms with Crippen molar-refractivity contribution in [1.29, 1.82) is 0 Å². The van der Waals surface area contributed by atoms with E-state index in [9.17, 15) is 18.0 Å². The van der Waals surface area contributed by atoms with Crippen molar-refractivity contribution in [3.05, 3.63) is 18.2 Å². The van der Waals surface area contributed by atoms with Gasteiger partial charge in [-0.05, 0) is 18.6 Å². The number of amides is 1. The molecule has 1 amide bonds. The van der Waals surface area contributed by atoms with Crippen LogP contribution in [0.4, 0.5) is 0 Å². The van der Waals surface area contributed by atoms with Crippen molar-refractivity contribution in [2.24, 2.45) is 0 Å². The van der Waals surface area contributed by atoms with E-state index in [0.717, 1.165) is 12.8 Å². The van der Waals surface area contributed by atoms with Crippen LogP contribution >= 0.6 is 0 Å². The molecule has 1 atom stereocenters. The molecule has 1 rings (SSSR count). The second-order valence-electron chi connectivity index (χ2n) is 5.63. The Morgan fingerprint density at radius 1 is 1.11 bits per heavy atom. The molecule has 0 saturated carbocycles. The van der Waals surface area contributed by atoms with Crippen molar-refractivity contribution in [2.75, 3.05) is 27.9 Å². The summed E-state index contributed by atoms with van der Waals surface area (Å²) in [4.78, 5) is 23.7. The maximum absolute atomic E-state index is 12.4. The fraction of sp³-hybridized carbons (Fsp3) is 0.529. The third-order valence-corrected chi connectivity index (χ3v) is 5.15. The fourth-order valence-electron chi connectivity index (χ4n) is 2.27. The second-order valence-corrected chi connectivity index (χ2v) is 7.39. The van der Waals surface area contributed by atoms with Gasteiger partial charge in [-0.15, -0.1) is 0 Å². The Labute approximate surface area is 159 Å². The third-order valence-electron chi connectivity index (χ3n) is 3.76. The molecule has 0 aromatic heterocycles. The number of esters is 1. The molecule has 0 spiro atoms. The minimum Gasteiger partial charge on any atom is -0.493 e. The average molecular weight is 402 g/mol. The number of hydrogen-bond acceptors (Lipinski definition) is 7. The minimum absolute atomic E-state index is 0.0801. The van der Waals surface area contributed by atoms with E-state index in [1.807, 2.05) is 6.92 Å². The number of nitrogens with one attached hydrogen (secondary N) is 2. The average Bonchev–Trinajstić information content (AvgIpc) is 2.68. The summed E-state index contributed by atoms with van der Waals surface area (Å²) in [5, 5.41) is 2.48. The lowest BCUT2D eigenvalue weighted by atomic mass is 10.1. The van der Waals surface area contributed by atoms with Gasteiger partial charge in [0.1, 0.15) is 6.04 Å². The Kier molecular flexibility index (Phi) is 9.03. The standard InChI is InChI=1S/C17H26N2O7S/c1-5-6-7-13(17(21)26-4)19-16(20)11-18-27(22,23)12-8-9-14(24-2)15(10-12)25-3/h8-10,13,18H,5-7,11H2,1-4H3,(H,19,20). The number of unbranched alkanes of at least 4 members (excludes halogenated alkanes) is 1. The van der Waals surface area contributed by atoms with E-state index in [1.165, 1.54) is 39.5 Å². The number of rotatable bonds is 11. The molecule has 2 N–H and O–H groups in total. The molecule has 152 valence electrons. The van der Waals surface area contributed by atoms with Gasteiger partial charge in [-0.3, -0.25) is 4.79 Å². The van der Waals surface area contributed by atoms with Crippen LogP contribution in [0.25, 0.3) is 0 Å². The van der Waals surface area contributed by atoms with Gasteiger partial charge in [0.15, 0.2) is 11.5 Å². The number of sulfonamides is 1.